The number of sulfonamides is 2. The van der Waals surface area contributed by atoms with Crippen molar-refractivity contribution in [3.8, 4) is 0 Å². The van der Waals surface area contributed by atoms with Crippen LogP contribution in [0.15, 0.2) is 53.4 Å². The molecule has 0 amide bonds. The fourth-order valence-electron chi connectivity index (χ4n) is 2.39. The molecule has 142 valence electrons. The summed E-state index contributed by atoms with van der Waals surface area (Å²) in [7, 11) is -7.61. The van der Waals surface area contributed by atoms with Crippen LogP contribution in [0.3, 0.4) is 0 Å². The summed E-state index contributed by atoms with van der Waals surface area (Å²) in [6.45, 7) is 3.28. The molecule has 26 heavy (non-hydrogen) atoms. The summed E-state index contributed by atoms with van der Waals surface area (Å²) in [5.41, 5.74) is 0.971. The molecular formula is C17H21FN2O4S2. The first-order chi connectivity index (χ1) is 12.1. The van der Waals surface area contributed by atoms with Crippen LogP contribution in [-0.4, -0.2) is 22.9 Å². The van der Waals surface area contributed by atoms with E-state index in [1.54, 1.807) is 38.1 Å². The maximum atomic E-state index is 13.7. The van der Waals surface area contributed by atoms with Crippen LogP contribution in [0.1, 0.15) is 25.0 Å². The quantitative estimate of drug-likeness (QED) is 0.710. The molecule has 0 aromatic heterocycles. The van der Waals surface area contributed by atoms with E-state index in [0.29, 0.717) is 11.1 Å². The number of halogens is 1. The highest BCUT2D eigenvalue weighted by molar-refractivity contribution is 7.89. The van der Waals surface area contributed by atoms with Gasteiger partial charge in [-0.15, -0.1) is 0 Å². The van der Waals surface area contributed by atoms with E-state index >= 15 is 0 Å². The van der Waals surface area contributed by atoms with Crippen molar-refractivity contribution in [3.63, 3.8) is 0 Å². The number of hydrogen-bond donors (Lipinski definition) is 2. The van der Waals surface area contributed by atoms with Gasteiger partial charge in [-0.05, 0) is 37.1 Å². The summed E-state index contributed by atoms with van der Waals surface area (Å²) in [6.07, 6.45) is 0. The third-order valence-electron chi connectivity index (χ3n) is 3.46. The first kappa shape index (κ1) is 20.5. The Balaban J connectivity index is 2.20. The van der Waals surface area contributed by atoms with Gasteiger partial charge in [0.25, 0.3) is 0 Å². The molecule has 0 fully saturated rings. The van der Waals surface area contributed by atoms with Crippen LogP contribution < -0.4 is 9.44 Å². The second kappa shape index (κ2) is 8.26. The summed E-state index contributed by atoms with van der Waals surface area (Å²) in [5, 5.41) is 0. The van der Waals surface area contributed by atoms with Gasteiger partial charge in [-0.3, -0.25) is 0 Å². The monoisotopic (exact) mass is 400 g/mol. The lowest BCUT2D eigenvalue weighted by Crippen LogP contribution is -2.32. The van der Waals surface area contributed by atoms with Crippen molar-refractivity contribution in [3.05, 3.63) is 65.5 Å². The highest BCUT2D eigenvalue weighted by Gasteiger charge is 2.20. The fourth-order valence-corrected chi connectivity index (χ4v) is 4.97. The van der Waals surface area contributed by atoms with E-state index in [1.807, 2.05) is 0 Å². The average molecular weight is 400 g/mol. The lowest BCUT2D eigenvalue weighted by atomic mass is 10.1. The van der Waals surface area contributed by atoms with Gasteiger partial charge in [-0.2, -0.15) is 0 Å². The molecule has 9 heteroatoms. The molecule has 0 bridgehead atoms. The standard InChI is InChI=1S/C17H21FN2O4S2/c1-13(2)20-25(21,22)12-15-8-4-3-7-14(15)11-19-26(23,24)17-10-6-5-9-16(17)18/h3-10,13,19-20H,11-12H2,1-2H3. The van der Waals surface area contributed by atoms with Crippen molar-refractivity contribution in [1.82, 2.24) is 9.44 Å². The lowest BCUT2D eigenvalue weighted by molar-refractivity contribution is 0.556. The molecule has 0 heterocycles. The molecule has 0 atom stereocenters. The molecule has 0 saturated heterocycles. The van der Waals surface area contributed by atoms with Crippen LogP contribution in [0.5, 0.6) is 0 Å². The second-order valence-electron chi connectivity index (χ2n) is 6.06. The second-order valence-corrected chi connectivity index (χ2v) is 9.54. The zero-order chi connectivity index (χ0) is 19.4. The molecule has 2 aromatic carbocycles. The van der Waals surface area contributed by atoms with E-state index in [4.69, 9.17) is 0 Å². The molecule has 0 saturated carbocycles. The van der Waals surface area contributed by atoms with E-state index in [2.05, 4.69) is 9.44 Å². The van der Waals surface area contributed by atoms with Gasteiger partial charge in [-0.1, -0.05) is 36.4 Å². The number of benzene rings is 2. The highest BCUT2D eigenvalue weighted by Crippen LogP contribution is 2.16. The molecule has 0 radical (unpaired) electrons. The van der Waals surface area contributed by atoms with Crippen molar-refractivity contribution in [2.45, 2.75) is 37.1 Å². The Bertz CT molecular complexity index is 974. The topological polar surface area (TPSA) is 92.3 Å². The third-order valence-corrected chi connectivity index (χ3v) is 6.41. The van der Waals surface area contributed by atoms with Gasteiger partial charge in [0.2, 0.25) is 20.0 Å². The molecule has 2 N–H and O–H groups in total. The highest BCUT2D eigenvalue weighted by atomic mass is 32.2. The predicted molar refractivity (Wildman–Crippen MR) is 97.8 cm³/mol. The average Bonchev–Trinajstić information content (AvgIpc) is 2.52. The Morgan fingerprint density at radius 2 is 1.50 bits per heavy atom. The summed E-state index contributed by atoms with van der Waals surface area (Å²) in [4.78, 5) is -0.452. The largest absolute Gasteiger partial charge is 0.243 e. The van der Waals surface area contributed by atoms with Gasteiger partial charge in [0.05, 0.1) is 5.75 Å². The van der Waals surface area contributed by atoms with Crippen LogP contribution >= 0.6 is 0 Å². The first-order valence-electron chi connectivity index (χ1n) is 7.92. The molecule has 0 unspecified atom stereocenters. The SMILES string of the molecule is CC(C)NS(=O)(=O)Cc1ccccc1CNS(=O)(=O)c1ccccc1F. The zero-order valence-electron chi connectivity index (χ0n) is 14.4. The lowest BCUT2D eigenvalue weighted by Gasteiger charge is -2.13. The number of hydrogen-bond acceptors (Lipinski definition) is 4. The van der Waals surface area contributed by atoms with E-state index in [1.165, 1.54) is 18.2 Å². The van der Waals surface area contributed by atoms with E-state index in [0.717, 1.165) is 6.07 Å². The first-order valence-corrected chi connectivity index (χ1v) is 11.1. The number of nitrogens with one attached hydrogen (secondary N) is 2. The van der Waals surface area contributed by atoms with Gasteiger partial charge < -0.3 is 0 Å². The Morgan fingerprint density at radius 1 is 0.923 bits per heavy atom. The maximum Gasteiger partial charge on any atom is 0.243 e. The van der Waals surface area contributed by atoms with E-state index in [9.17, 15) is 21.2 Å². The Morgan fingerprint density at radius 3 is 2.12 bits per heavy atom. The Labute approximate surface area is 153 Å². The van der Waals surface area contributed by atoms with Gasteiger partial charge in [0, 0.05) is 12.6 Å². The van der Waals surface area contributed by atoms with Crippen LogP contribution in [0, 0.1) is 5.82 Å². The van der Waals surface area contributed by atoms with Gasteiger partial charge >= 0.3 is 0 Å². The van der Waals surface area contributed by atoms with Gasteiger partial charge in [-0.25, -0.2) is 30.7 Å². The minimum absolute atomic E-state index is 0.149. The molecular weight excluding hydrogens is 379 g/mol. The minimum Gasteiger partial charge on any atom is -0.212 e. The predicted octanol–water partition coefficient (Wildman–Crippen LogP) is 2.13. The van der Waals surface area contributed by atoms with Crippen molar-refractivity contribution < 1.29 is 21.2 Å². The summed E-state index contributed by atoms with van der Waals surface area (Å²) < 4.78 is 67.4. The van der Waals surface area contributed by atoms with Crippen molar-refractivity contribution >= 4 is 20.0 Å². The Hall–Kier alpha value is -1.81. The fraction of sp³-hybridized carbons (Fsp3) is 0.294. The van der Waals surface area contributed by atoms with Crippen LogP contribution in [0.25, 0.3) is 0 Å². The van der Waals surface area contributed by atoms with Gasteiger partial charge in [0.1, 0.15) is 10.7 Å². The minimum atomic E-state index is -4.06. The summed E-state index contributed by atoms with van der Waals surface area (Å²) >= 11 is 0. The normalized spacial score (nSPS) is 12.5. The number of rotatable bonds is 8. The maximum absolute atomic E-state index is 13.7. The smallest absolute Gasteiger partial charge is 0.212 e. The molecule has 0 aliphatic rings. The van der Waals surface area contributed by atoms with Crippen LogP contribution in [0.2, 0.25) is 0 Å². The molecule has 6 nitrogen and oxygen atoms in total. The summed E-state index contributed by atoms with van der Waals surface area (Å²) in [6, 6.07) is 11.4. The van der Waals surface area contributed by atoms with Gasteiger partial charge in [0.15, 0.2) is 0 Å². The summed E-state index contributed by atoms with van der Waals surface area (Å²) in [5.74, 6) is -1.13. The van der Waals surface area contributed by atoms with Crippen LogP contribution in [0.4, 0.5) is 4.39 Å². The molecule has 2 aromatic rings. The molecule has 2 rings (SSSR count). The van der Waals surface area contributed by atoms with Crippen molar-refractivity contribution in [2.24, 2.45) is 0 Å². The van der Waals surface area contributed by atoms with Crippen LogP contribution in [-0.2, 0) is 32.3 Å². The van der Waals surface area contributed by atoms with Crippen molar-refractivity contribution in [2.75, 3.05) is 0 Å². The molecule has 0 aliphatic carbocycles. The van der Waals surface area contributed by atoms with Crippen molar-refractivity contribution in [1.29, 1.82) is 0 Å². The Kier molecular flexibility index (Phi) is 6.51. The van der Waals surface area contributed by atoms with E-state index < -0.39 is 30.8 Å². The zero-order valence-corrected chi connectivity index (χ0v) is 16.1. The molecule has 0 aliphatic heterocycles. The molecule has 0 spiro atoms. The third kappa shape index (κ3) is 5.60. The van der Waals surface area contributed by atoms with E-state index in [-0.39, 0.29) is 18.3 Å².